The third-order valence-electron chi connectivity index (χ3n) is 0.430. The molecule has 0 rings (SSSR count). The first kappa shape index (κ1) is 8.51. The molecule has 4 nitrogen and oxygen atoms in total. The number of hydrogen-bond donors (Lipinski definition) is 1. The molecule has 0 spiro atoms. The van der Waals surface area contributed by atoms with Gasteiger partial charge in [-0.1, -0.05) is 0 Å². The molecular formula is C3H5FO4S. The molecule has 9 heavy (non-hydrogen) atoms. The molecule has 0 saturated carbocycles. The summed E-state index contributed by atoms with van der Waals surface area (Å²) in [5.41, 5.74) is 0. The van der Waals surface area contributed by atoms with Crippen molar-refractivity contribution in [3.05, 3.63) is 0 Å². The van der Waals surface area contributed by atoms with Gasteiger partial charge in [0.05, 0.1) is 0 Å². The van der Waals surface area contributed by atoms with Crippen molar-refractivity contribution in [2.45, 2.75) is 0 Å². The van der Waals surface area contributed by atoms with Crippen molar-refractivity contribution < 1.29 is 22.7 Å². The van der Waals surface area contributed by atoms with Crippen LogP contribution in [0.3, 0.4) is 0 Å². The van der Waals surface area contributed by atoms with E-state index in [0.717, 1.165) is 0 Å². The maximum atomic E-state index is 11.2. The van der Waals surface area contributed by atoms with Crippen molar-refractivity contribution in [1.82, 2.24) is 0 Å². The van der Waals surface area contributed by atoms with Gasteiger partial charge < -0.3 is 9.29 Å². The molecule has 0 aliphatic heterocycles. The Morgan fingerprint density at radius 2 is 2.33 bits per heavy atom. The van der Waals surface area contributed by atoms with E-state index < -0.39 is 29.7 Å². The fourth-order valence-electron chi connectivity index (χ4n) is 0.155. The van der Waals surface area contributed by atoms with Crippen molar-refractivity contribution in [1.29, 1.82) is 0 Å². The Kier molecular flexibility index (Phi) is 4.16. The summed E-state index contributed by atoms with van der Waals surface area (Å²) in [5.74, 6) is -1.79. The van der Waals surface area contributed by atoms with Crippen molar-refractivity contribution in [2.24, 2.45) is 0 Å². The van der Waals surface area contributed by atoms with Crippen molar-refractivity contribution >= 4 is 17.0 Å². The quantitative estimate of drug-likeness (QED) is 0.449. The Hall–Kier alpha value is -0.490. The molecule has 1 atom stereocenters. The number of halogens is 1. The van der Waals surface area contributed by atoms with E-state index in [1.54, 1.807) is 0 Å². The van der Waals surface area contributed by atoms with Crippen LogP contribution in [0.15, 0.2) is 0 Å². The van der Waals surface area contributed by atoms with Crippen LogP contribution in [0.25, 0.3) is 0 Å². The molecule has 0 bridgehead atoms. The van der Waals surface area contributed by atoms with Gasteiger partial charge in [-0.3, -0.25) is 0 Å². The first-order valence-electron chi connectivity index (χ1n) is 1.96. The van der Waals surface area contributed by atoms with E-state index >= 15 is 0 Å². The summed E-state index contributed by atoms with van der Waals surface area (Å²) in [6.45, 7) is -1.27. The average molecular weight is 156 g/mol. The normalized spacial score (nSPS) is 12.7. The SMILES string of the molecule is O=C(CF)OCS(=O)O. The van der Waals surface area contributed by atoms with Gasteiger partial charge in [0, 0.05) is 0 Å². The molecule has 0 heterocycles. The topological polar surface area (TPSA) is 63.6 Å². The van der Waals surface area contributed by atoms with E-state index in [-0.39, 0.29) is 0 Å². The van der Waals surface area contributed by atoms with E-state index in [4.69, 9.17) is 4.55 Å². The minimum Gasteiger partial charge on any atom is -0.448 e. The maximum absolute atomic E-state index is 11.2. The maximum Gasteiger partial charge on any atom is 0.338 e. The molecule has 0 amide bonds. The monoisotopic (exact) mass is 156 g/mol. The zero-order valence-corrected chi connectivity index (χ0v) is 5.19. The lowest BCUT2D eigenvalue weighted by molar-refractivity contribution is -0.142. The van der Waals surface area contributed by atoms with E-state index in [1.165, 1.54) is 0 Å². The summed E-state index contributed by atoms with van der Waals surface area (Å²) in [6.07, 6.45) is 0. The highest BCUT2D eigenvalue weighted by molar-refractivity contribution is 7.79. The second kappa shape index (κ2) is 4.39. The largest absolute Gasteiger partial charge is 0.448 e. The molecule has 1 N–H and O–H groups in total. The lowest BCUT2D eigenvalue weighted by atomic mass is 10.8. The molecule has 54 valence electrons. The molecule has 0 fully saturated rings. The van der Waals surface area contributed by atoms with Crippen LogP contribution in [0.2, 0.25) is 0 Å². The molecule has 0 aliphatic carbocycles. The van der Waals surface area contributed by atoms with Crippen molar-refractivity contribution in [3.8, 4) is 0 Å². The summed E-state index contributed by atoms with van der Waals surface area (Å²) in [4.78, 5) is 9.87. The van der Waals surface area contributed by atoms with Crippen LogP contribution in [0, 0.1) is 0 Å². The van der Waals surface area contributed by atoms with Crippen molar-refractivity contribution in [3.63, 3.8) is 0 Å². The van der Waals surface area contributed by atoms with Crippen LogP contribution < -0.4 is 0 Å². The Balaban J connectivity index is 3.28. The van der Waals surface area contributed by atoms with Gasteiger partial charge in [0.1, 0.15) is 0 Å². The molecule has 0 aromatic rings. The van der Waals surface area contributed by atoms with Gasteiger partial charge in [0.25, 0.3) is 0 Å². The zero-order chi connectivity index (χ0) is 7.28. The highest BCUT2D eigenvalue weighted by Gasteiger charge is 2.01. The predicted octanol–water partition coefficient (Wildman–Crippen LogP) is -0.322. The highest BCUT2D eigenvalue weighted by atomic mass is 32.2. The molecule has 0 aliphatic rings. The van der Waals surface area contributed by atoms with Crippen LogP contribution in [0.1, 0.15) is 0 Å². The zero-order valence-electron chi connectivity index (χ0n) is 4.37. The molecular weight excluding hydrogens is 151 g/mol. The smallest absolute Gasteiger partial charge is 0.338 e. The van der Waals surface area contributed by atoms with E-state index in [1.807, 2.05) is 0 Å². The lowest BCUT2D eigenvalue weighted by Crippen LogP contribution is -2.10. The number of esters is 1. The first-order chi connectivity index (χ1) is 4.16. The third-order valence-corrected chi connectivity index (χ3v) is 0.749. The Bertz CT molecular complexity index is 125. The van der Waals surface area contributed by atoms with Gasteiger partial charge >= 0.3 is 5.97 Å². The molecule has 6 heteroatoms. The van der Waals surface area contributed by atoms with E-state index in [2.05, 4.69) is 4.74 Å². The number of ether oxygens (including phenoxy) is 1. The Morgan fingerprint density at radius 3 is 2.67 bits per heavy atom. The summed E-state index contributed by atoms with van der Waals surface area (Å²) in [6, 6.07) is 0. The van der Waals surface area contributed by atoms with Crippen LogP contribution in [-0.4, -0.2) is 27.3 Å². The summed E-state index contributed by atoms with van der Waals surface area (Å²) in [5, 5.41) is 0. The van der Waals surface area contributed by atoms with E-state index in [0.29, 0.717) is 0 Å². The number of hydrogen-bond acceptors (Lipinski definition) is 3. The first-order valence-corrected chi connectivity index (χ1v) is 3.23. The van der Waals surface area contributed by atoms with Crippen LogP contribution in [-0.2, 0) is 20.6 Å². The van der Waals surface area contributed by atoms with E-state index in [9.17, 15) is 13.4 Å². The fraction of sp³-hybridized carbons (Fsp3) is 0.667. The number of carbonyl (C=O) groups is 1. The van der Waals surface area contributed by atoms with Crippen LogP contribution >= 0.6 is 0 Å². The minimum absolute atomic E-state index is 0.664. The second-order valence-corrected chi connectivity index (χ2v) is 1.97. The van der Waals surface area contributed by atoms with Gasteiger partial charge in [-0.05, 0) is 0 Å². The van der Waals surface area contributed by atoms with Gasteiger partial charge in [0.15, 0.2) is 23.7 Å². The lowest BCUT2D eigenvalue weighted by Gasteiger charge is -1.94. The molecule has 0 saturated heterocycles. The highest BCUT2D eigenvalue weighted by Crippen LogP contribution is 1.81. The minimum atomic E-state index is -2.20. The number of alkyl halides is 1. The predicted molar refractivity (Wildman–Crippen MR) is 27.7 cm³/mol. The van der Waals surface area contributed by atoms with Crippen LogP contribution in [0.5, 0.6) is 0 Å². The fourth-order valence-corrected chi connectivity index (χ4v) is 0.387. The van der Waals surface area contributed by atoms with Crippen molar-refractivity contribution in [2.75, 3.05) is 12.6 Å². The van der Waals surface area contributed by atoms with Gasteiger partial charge in [-0.15, -0.1) is 0 Å². The second-order valence-electron chi connectivity index (χ2n) is 1.09. The molecule has 0 aromatic heterocycles. The summed E-state index contributed by atoms with van der Waals surface area (Å²) in [7, 11) is 0. The Labute approximate surface area is 53.3 Å². The number of rotatable bonds is 3. The Morgan fingerprint density at radius 1 is 1.78 bits per heavy atom. The van der Waals surface area contributed by atoms with Gasteiger partial charge in [0.2, 0.25) is 0 Å². The van der Waals surface area contributed by atoms with Gasteiger partial charge in [-0.25, -0.2) is 13.4 Å². The third kappa shape index (κ3) is 5.38. The number of carbonyl (C=O) groups excluding carboxylic acids is 1. The molecule has 0 radical (unpaired) electrons. The molecule has 0 aromatic carbocycles. The van der Waals surface area contributed by atoms with Crippen LogP contribution in [0.4, 0.5) is 4.39 Å². The summed E-state index contributed by atoms with van der Waals surface area (Å²) < 4.78 is 32.8. The standard InChI is InChI=1S/C3H5FO4S/c4-1-3(5)8-2-9(6)7/h1-2H2,(H,6,7). The van der Waals surface area contributed by atoms with Gasteiger partial charge in [-0.2, -0.15) is 0 Å². The summed E-state index contributed by atoms with van der Waals surface area (Å²) >= 11 is -2.20. The average Bonchev–Trinajstić information content (AvgIpc) is 1.83. The molecule has 1 unspecified atom stereocenters.